The van der Waals surface area contributed by atoms with Crippen molar-refractivity contribution in [3.8, 4) is 0 Å². The summed E-state index contributed by atoms with van der Waals surface area (Å²) in [5.74, 6) is 0.0113. The van der Waals surface area contributed by atoms with Crippen LogP contribution < -0.4 is 10.6 Å². The Morgan fingerprint density at radius 3 is 2.38 bits per heavy atom. The normalized spacial score (nSPS) is 24.1. The van der Waals surface area contributed by atoms with Gasteiger partial charge in [-0.15, -0.1) is 0 Å². The standard InChI is InChI=1S/C18H31N5O3/c1-2-8-19-15(24)13-21-9-11-22(12-10-21)14-23-16(25)18(20-17(23)26)6-4-3-5-7-18/h2-14H2,1H3,(H,19,24)(H,20,26). The minimum atomic E-state index is -0.644. The minimum absolute atomic E-state index is 0.0522. The maximum atomic E-state index is 12.8. The molecule has 26 heavy (non-hydrogen) atoms. The van der Waals surface area contributed by atoms with Crippen LogP contribution in [0.2, 0.25) is 0 Å². The van der Waals surface area contributed by atoms with Gasteiger partial charge in [-0.2, -0.15) is 0 Å². The molecule has 0 unspecified atom stereocenters. The Kier molecular flexibility index (Phi) is 6.13. The molecule has 1 aliphatic carbocycles. The van der Waals surface area contributed by atoms with Crippen LogP contribution >= 0.6 is 0 Å². The average molecular weight is 365 g/mol. The lowest BCUT2D eigenvalue weighted by atomic mass is 9.82. The topological polar surface area (TPSA) is 85.0 Å². The van der Waals surface area contributed by atoms with Crippen LogP contribution in [0.1, 0.15) is 45.4 Å². The Balaban J connectivity index is 1.46. The molecule has 3 aliphatic rings. The summed E-state index contributed by atoms with van der Waals surface area (Å²) in [6.07, 6.45) is 5.59. The summed E-state index contributed by atoms with van der Waals surface area (Å²) in [7, 11) is 0. The van der Waals surface area contributed by atoms with Crippen molar-refractivity contribution in [3.63, 3.8) is 0 Å². The molecule has 0 aromatic rings. The quantitative estimate of drug-likeness (QED) is 0.663. The molecule has 2 saturated heterocycles. The Bertz CT molecular complexity index is 539. The summed E-state index contributed by atoms with van der Waals surface area (Å²) in [4.78, 5) is 42.6. The zero-order valence-corrected chi connectivity index (χ0v) is 15.8. The van der Waals surface area contributed by atoms with Gasteiger partial charge in [0.2, 0.25) is 5.91 Å². The highest BCUT2D eigenvalue weighted by Gasteiger charge is 2.51. The van der Waals surface area contributed by atoms with Crippen LogP contribution in [-0.2, 0) is 9.59 Å². The van der Waals surface area contributed by atoms with Gasteiger partial charge >= 0.3 is 6.03 Å². The molecule has 0 radical (unpaired) electrons. The van der Waals surface area contributed by atoms with Gasteiger partial charge in [-0.05, 0) is 19.3 Å². The molecule has 3 rings (SSSR count). The van der Waals surface area contributed by atoms with Crippen molar-refractivity contribution >= 4 is 17.8 Å². The number of nitrogens with one attached hydrogen (secondary N) is 2. The van der Waals surface area contributed by atoms with Crippen LogP contribution in [0.3, 0.4) is 0 Å². The molecular weight excluding hydrogens is 334 g/mol. The Hall–Kier alpha value is -1.67. The molecule has 4 amide bonds. The maximum Gasteiger partial charge on any atom is 0.326 e. The molecule has 1 spiro atoms. The van der Waals surface area contributed by atoms with Gasteiger partial charge in [0.05, 0.1) is 13.2 Å². The van der Waals surface area contributed by atoms with Gasteiger partial charge in [0.15, 0.2) is 0 Å². The van der Waals surface area contributed by atoms with E-state index in [9.17, 15) is 14.4 Å². The van der Waals surface area contributed by atoms with Gasteiger partial charge in [0.1, 0.15) is 5.54 Å². The van der Waals surface area contributed by atoms with Gasteiger partial charge < -0.3 is 10.6 Å². The summed E-state index contributed by atoms with van der Waals surface area (Å²) < 4.78 is 0. The lowest BCUT2D eigenvalue weighted by Crippen LogP contribution is -2.53. The lowest BCUT2D eigenvalue weighted by Gasteiger charge is -2.36. The summed E-state index contributed by atoms with van der Waals surface area (Å²) in [6, 6.07) is -0.252. The highest BCUT2D eigenvalue weighted by Crippen LogP contribution is 2.33. The number of piperazine rings is 1. The van der Waals surface area contributed by atoms with Crippen molar-refractivity contribution in [1.82, 2.24) is 25.3 Å². The van der Waals surface area contributed by atoms with Gasteiger partial charge in [-0.3, -0.25) is 19.4 Å². The number of carbonyl (C=O) groups excluding carboxylic acids is 3. The third-order valence-electron chi connectivity index (χ3n) is 5.70. The molecule has 1 saturated carbocycles. The molecule has 8 nitrogen and oxygen atoms in total. The molecule has 0 bridgehead atoms. The summed E-state index contributed by atoms with van der Waals surface area (Å²) >= 11 is 0. The highest BCUT2D eigenvalue weighted by atomic mass is 16.2. The zero-order chi connectivity index (χ0) is 18.6. The van der Waals surface area contributed by atoms with E-state index in [4.69, 9.17) is 0 Å². The highest BCUT2D eigenvalue weighted by molar-refractivity contribution is 6.07. The molecule has 2 heterocycles. The maximum absolute atomic E-state index is 12.8. The molecule has 0 aromatic carbocycles. The van der Waals surface area contributed by atoms with Crippen LogP contribution in [0.25, 0.3) is 0 Å². The van der Waals surface area contributed by atoms with Crippen LogP contribution in [0, 0.1) is 0 Å². The van der Waals surface area contributed by atoms with E-state index in [1.807, 2.05) is 6.92 Å². The molecule has 8 heteroatoms. The van der Waals surface area contributed by atoms with E-state index >= 15 is 0 Å². The number of rotatable bonds is 6. The molecular formula is C18H31N5O3. The van der Waals surface area contributed by atoms with Crippen LogP contribution in [-0.4, -0.2) is 84.0 Å². The average Bonchev–Trinajstić information content (AvgIpc) is 2.86. The first-order valence-corrected chi connectivity index (χ1v) is 9.89. The van der Waals surface area contributed by atoms with Crippen molar-refractivity contribution in [2.24, 2.45) is 0 Å². The van der Waals surface area contributed by atoms with E-state index in [0.717, 1.165) is 64.7 Å². The second-order valence-electron chi connectivity index (χ2n) is 7.69. The Morgan fingerprint density at radius 2 is 1.73 bits per heavy atom. The summed E-state index contributed by atoms with van der Waals surface area (Å²) in [5.41, 5.74) is -0.644. The zero-order valence-electron chi connectivity index (χ0n) is 15.8. The molecule has 146 valence electrons. The Morgan fingerprint density at radius 1 is 1.08 bits per heavy atom. The van der Waals surface area contributed by atoms with E-state index in [1.54, 1.807) is 0 Å². The first kappa shape index (κ1) is 19.1. The van der Waals surface area contributed by atoms with Crippen LogP contribution in [0.4, 0.5) is 4.79 Å². The fourth-order valence-electron chi connectivity index (χ4n) is 4.11. The molecule has 3 fully saturated rings. The molecule has 2 N–H and O–H groups in total. The molecule has 0 aromatic heterocycles. The summed E-state index contributed by atoms with van der Waals surface area (Å²) in [6.45, 7) is 6.57. The van der Waals surface area contributed by atoms with E-state index in [0.29, 0.717) is 19.8 Å². The second kappa shape index (κ2) is 8.35. The predicted octanol–water partition coefficient (Wildman–Crippen LogP) is 0.342. The smallest absolute Gasteiger partial charge is 0.326 e. The SMILES string of the molecule is CCCNC(=O)CN1CCN(CN2C(=O)NC3(CCCCC3)C2=O)CC1. The monoisotopic (exact) mass is 365 g/mol. The number of amides is 4. The van der Waals surface area contributed by atoms with Crippen molar-refractivity contribution in [2.75, 3.05) is 45.9 Å². The first-order chi connectivity index (χ1) is 12.5. The van der Waals surface area contributed by atoms with E-state index < -0.39 is 5.54 Å². The van der Waals surface area contributed by atoms with Crippen molar-refractivity contribution < 1.29 is 14.4 Å². The first-order valence-electron chi connectivity index (χ1n) is 9.89. The summed E-state index contributed by atoms with van der Waals surface area (Å²) in [5, 5.41) is 5.85. The third-order valence-corrected chi connectivity index (χ3v) is 5.70. The minimum Gasteiger partial charge on any atom is -0.355 e. The third kappa shape index (κ3) is 4.17. The van der Waals surface area contributed by atoms with Crippen LogP contribution in [0.5, 0.6) is 0 Å². The van der Waals surface area contributed by atoms with E-state index in [2.05, 4.69) is 20.4 Å². The van der Waals surface area contributed by atoms with Crippen molar-refractivity contribution in [2.45, 2.75) is 51.0 Å². The number of imide groups is 1. The van der Waals surface area contributed by atoms with Crippen molar-refractivity contribution in [3.05, 3.63) is 0 Å². The molecule has 0 atom stereocenters. The van der Waals surface area contributed by atoms with Gasteiger partial charge in [-0.1, -0.05) is 26.2 Å². The number of hydrogen-bond acceptors (Lipinski definition) is 5. The van der Waals surface area contributed by atoms with Crippen molar-refractivity contribution in [1.29, 1.82) is 0 Å². The second-order valence-corrected chi connectivity index (χ2v) is 7.69. The number of carbonyl (C=O) groups is 3. The molecule has 2 aliphatic heterocycles. The fraction of sp³-hybridized carbons (Fsp3) is 0.833. The predicted molar refractivity (Wildman–Crippen MR) is 97.4 cm³/mol. The van der Waals surface area contributed by atoms with E-state index in [1.165, 1.54) is 4.90 Å². The lowest BCUT2D eigenvalue weighted by molar-refractivity contribution is -0.134. The van der Waals surface area contributed by atoms with E-state index in [-0.39, 0.29) is 17.8 Å². The van der Waals surface area contributed by atoms with Crippen LogP contribution in [0.15, 0.2) is 0 Å². The van der Waals surface area contributed by atoms with Gasteiger partial charge in [0, 0.05) is 32.7 Å². The number of urea groups is 1. The Labute approximate surface area is 155 Å². The number of nitrogens with zero attached hydrogens (tertiary/aromatic N) is 3. The largest absolute Gasteiger partial charge is 0.355 e. The van der Waals surface area contributed by atoms with Gasteiger partial charge in [-0.25, -0.2) is 9.69 Å². The van der Waals surface area contributed by atoms with Gasteiger partial charge in [0.25, 0.3) is 5.91 Å². The fourth-order valence-corrected chi connectivity index (χ4v) is 4.11. The number of hydrogen-bond donors (Lipinski definition) is 2.